The number of nitrogens with zero attached hydrogens (tertiary/aromatic N) is 1. The fourth-order valence-electron chi connectivity index (χ4n) is 0.889. The SMILES string of the molecule is O=CNc1c([N+](=O)[O-])ccc(F)c1F. The van der Waals surface area contributed by atoms with Crippen LogP contribution in [0.4, 0.5) is 20.2 Å². The van der Waals surface area contributed by atoms with Crippen LogP contribution in [-0.2, 0) is 4.79 Å². The monoisotopic (exact) mass is 202 g/mol. The molecular formula is C7H4F2N2O3. The third kappa shape index (κ3) is 1.65. The van der Waals surface area contributed by atoms with Crippen molar-refractivity contribution < 1.29 is 18.5 Å². The molecule has 0 aliphatic rings. The van der Waals surface area contributed by atoms with Gasteiger partial charge >= 0.3 is 0 Å². The van der Waals surface area contributed by atoms with Crippen molar-refractivity contribution in [3.05, 3.63) is 33.9 Å². The number of halogens is 2. The highest BCUT2D eigenvalue weighted by Gasteiger charge is 2.20. The third-order valence-corrected chi connectivity index (χ3v) is 1.47. The molecule has 5 nitrogen and oxygen atoms in total. The molecule has 1 aromatic rings. The molecule has 1 aromatic carbocycles. The van der Waals surface area contributed by atoms with E-state index < -0.39 is 27.9 Å². The van der Waals surface area contributed by atoms with E-state index in [4.69, 9.17) is 0 Å². The first kappa shape index (κ1) is 10.0. The zero-order chi connectivity index (χ0) is 10.7. The largest absolute Gasteiger partial charge is 0.320 e. The van der Waals surface area contributed by atoms with Crippen LogP contribution in [0.5, 0.6) is 0 Å². The van der Waals surface area contributed by atoms with E-state index in [1.54, 1.807) is 5.32 Å². The molecule has 1 rings (SSSR count). The Bertz CT molecular complexity index is 395. The molecule has 1 N–H and O–H groups in total. The van der Waals surface area contributed by atoms with Gasteiger partial charge in [0.1, 0.15) is 0 Å². The van der Waals surface area contributed by atoms with Gasteiger partial charge < -0.3 is 5.32 Å². The van der Waals surface area contributed by atoms with Gasteiger partial charge in [0.15, 0.2) is 17.3 Å². The number of carbonyl (C=O) groups is 1. The number of amides is 1. The van der Waals surface area contributed by atoms with E-state index in [1.807, 2.05) is 0 Å². The molecule has 0 radical (unpaired) electrons. The van der Waals surface area contributed by atoms with Crippen LogP contribution in [0.1, 0.15) is 0 Å². The molecule has 0 fully saturated rings. The topological polar surface area (TPSA) is 72.2 Å². The van der Waals surface area contributed by atoms with E-state index in [1.165, 1.54) is 0 Å². The zero-order valence-corrected chi connectivity index (χ0v) is 6.66. The van der Waals surface area contributed by atoms with Gasteiger partial charge in [-0.2, -0.15) is 0 Å². The average molecular weight is 202 g/mol. The van der Waals surface area contributed by atoms with Gasteiger partial charge in [-0.25, -0.2) is 8.78 Å². The minimum Gasteiger partial charge on any atom is -0.320 e. The van der Waals surface area contributed by atoms with Gasteiger partial charge in [0.25, 0.3) is 5.69 Å². The summed E-state index contributed by atoms with van der Waals surface area (Å²) < 4.78 is 25.5. The summed E-state index contributed by atoms with van der Waals surface area (Å²) in [6.07, 6.45) is 0.0326. The Morgan fingerprint density at radius 1 is 1.43 bits per heavy atom. The number of benzene rings is 1. The van der Waals surface area contributed by atoms with Gasteiger partial charge in [-0.3, -0.25) is 14.9 Å². The highest BCUT2D eigenvalue weighted by molar-refractivity contribution is 5.77. The van der Waals surface area contributed by atoms with Crippen LogP contribution in [0.25, 0.3) is 0 Å². The van der Waals surface area contributed by atoms with Crippen molar-refractivity contribution in [1.29, 1.82) is 0 Å². The molecule has 14 heavy (non-hydrogen) atoms. The van der Waals surface area contributed by atoms with Crippen molar-refractivity contribution in [2.75, 3.05) is 5.32 Å². The van der Waals surface area contributed by atoms with Crippen molar-refractivity contribution >= 4 is 17.8 Å². The van der Waals surface area contributed by atoms with E-state index in [0.717, 1.165) is 6.07 Å². The summed E-state index contributed by atoms with van der Waals surface area (Å²) in [5.41, 5.74) is -1.47. The van der Waals surface area contributed by atoms with Crippen molar-refractivity contribution in [2.45, 2.75) is 0 Å². The molecule has 0 atom stereocenters. The fourth-order valence-corrected chi connectivity index (χ4v) is 0.889. The molecule has 0 saturated carbocycles. The van der Waals surface area contributed by atoms with E-state index in [0.29, 0.717) is 6.07 Å². The molecule has 0 aromatic heterocycles. The van der Waals surface area contributed by atoms with Gasteiger partial charge in [-0.1, -0.05) is 0 Å². The Morgan fingerprint density at radius 2 is 2.07 bits per heavy atom. The molecule has 0 saturated heterocycles. The molecule has 0 aliphatic carbocycles. The third-order valence-electron chi connectivity index (χ3n) is 1.47. The van der Waals surface area contributed by atoms with Crippen LogP contribution in [-0.4, -0.2) is 11.3 Å². The van der Waals surface area contributed by atoms with Gasteiger partial charge in [0, 0.05) is 6.07 Å². The lowest BCUT2D eigenvalue weighted by molar-refractivity contribution is -0.384. The summed E-state index contributed by atoms with van der Waals surface area (Å²) in [7, 11) is 0. The maximum absolute atomic E-state index is 12.9. The quantitative estimate of drug-likeness (QED) is 0.458. The Morgan fingerprint density at radius 3 is 2.57 bits per heavy atom. The molecule has 0 unspecified atom stereocenters. The molecule has 0 heterocycles. The van der Waals surface area contributed by atoms with Gasteiger partial charge in [0.2, 0.25) is 6.41 Å². The van der Waals surface area contributed by atoms with Crippen LogP contribution in [0.15, 0.2) is 12.1 Å². The minimum absolute atomic E-state index is 0.0326. The van der Waals surface area contributed by atoms with Crippen molar-refractivity contribution in [3.8, 4) is 0 Å². The summed E-state index contributed by atoms with van der Waals surface area (Å²) in [6, 6.07) is 1.38. The van der Waals surface area contributed by atoms with Gasteiger partial charge in [0.05, 0.1) is 4.92 Å². The Labute approximate surface area is 76.5 Å². The predicted molar refractivity (Wildman–Crippen MR) is 42.7 cm³/mol. The maximum atomic E-state index is 12.9. The number of hydrogen-bond donors (Lipinski definition) is 1. The van der Waals surface area contributed by atoms with Crippen LogP contribution in [0, 0.1) is 21.7 Å². The highest BCUT2D eigenvalue weighted by Crippen LogP contribution is 2.28. The Hall–Kier alpha value is -2.05. The van der Waals surface area contributed by atoms with E-state index in [-0.39, 0.29) is 6.41 Å². The minimum atomic E-state index is -1.45. The second-order valence-electron chi connectivity index (χ2n) is 2.27. The second kappa shape index (κ2) is 3.77. The number of nitrogens with one attached hydrogen (secondary N) is 1. The number of nitro groups is 1. The highest BCUT2D eigenvalue weighted by atomic mass is 19.2. The standard InChI is InChI=1S/C7H4F2N2O3/c8-4-1-2-5(11(13)14)7(6(4)9)10-3-12/h1-3H,(H,10,12). The zero-order valence-electron chi connectivity index (χ0n) is 6.66. The van der Waals surface area contributed by atoms with Crippen molar-refractivity contribution in [2.24, 2.45) is 0 Å². The molecule has 1 amide bonds. The van der Waals surface area contributed by atoms with Crippen molar-refractivity contribution in [3.63, 3.8) is 0 Å². The first-order valence-electron chi connectivity index (χ1n) is 3.40. The molecular weight excluding hydrogens is 198 g/mol. The van der Waals surface area contributed by atoms with E-state index in [2.05, 4.69) is 0 Å². The number of anilines is 1. The number of carbonyl (C=O) groups excluding carboxylic acids is 1. The fraction of sp³-hybridized carbons (Fsp3) is 0. The lowest BCUT2D eigenvalue weighted by Gasteiger charge is -2.02. The second-order valence-corrected chi connectivity index (χ2v) is 2.27. The van der Waals surface area contributed by atoms with Gasteiger partial charge in [-0.05, 0) is 6.07 Å². The first-order chi connectivity index (χ1) is 6.57. The Balaban J connectivity index is 3.36. The normalized spacial score (nSPS) is 9.57. The molecule has 74 valence electrons. The van der Waals surface area contributed by atoms with Crippen LogP contribution in [0.3, 0.4) is 0 Å². The van der Waals surface area contributed by atoms with Crippen LogP contribution >= 0.6 is 0 Å². The summed E-state index contributed by atoms with van der Waals surface area (Å²) in [4.78, 5) is 19.4. The molecule has 0 spiro atoms. The number of nitro benzene ring substituents is 1. The molecule has 7 heteroatoms. The first-order valence-corrected chi connectivity index (χ1v) is 3.40. The summed E-state index contributed by atoms with van der Waals surface area (Å²) in [5.74, 6) is -2.72. The predicted octanol–water partition coefficient (Wildman–Crippen LogP) is 1.44. The van der Waals surface area contributed by atoms with Crippen LogP contribution in [0.2, 0.25) is 0 Å². The Kier molecular flexibility index (Phi) is 2.70. The summed E-state index contributed by atoms with van der Waals surface area (Å²) >= 11 is 0. The maximum Gasteiger partial charge on any atom is 0.296 e. The van der Waals surface area contributed by atoms with Crippen molar-refractivity contribution in [1.82, 2.24) is 0 Å². The van der Waals surface area contributed by atoms with E-state index >= 15 is 0 Å². The van der Waals surface area contributed by atoms with E-state index in [9.17, 15) is 23.7 Å². The average Bonchev–Trinajstić information content (AvgIpc) is 2.13. The summed E-state index contributed by atoms with van der Waals surface area (Å²) in [5, 5.41) is 12.0. The number of rotatable bonds is 3. The lowest BCUT2D eigenvalue weighted by atomic mass is 10.2. The smallest absolute Gasteiger partial charge is 0.296 e. The van der Waals surface area contributed by atoms with Gasteiger partial charge in [-0.15, -0.1) is 0 Å². The molecule has 0 aliphatic heterocycles. The molecule has 0 bridgehead atoms. The number of hydrogen-bond acceptors (Lipinski definition) is 3. The lowest BCUT2D eigenvalue weighted by Crippen LogP contribution is -2.03. The summed E-state index contributed by atoms with van der Waals surface area (Å²) in [6.45, 7) is 0. The van der Waals surface area contributed by atoms with Crippen LogP contribution < -0.4 is 5.32 Å².